The van der Waals surface area contributed by atoms with Gasteiger partial charge in [-0.15, -0.1) is 0 Å². The van der Waals surface area contributed by atoms with Crippen LogP contribution in [0.15, 0.2) is 60.8 Å². The fraction of sp³-hybridized carbons (Fsp3) is 0.303. The third kappa shape index (κ3) is 5.37. The molecule has 2 aromatic heterocycles. The molecule has 0 bridgehead atoms. The Hall–Kier alpha value is -4.21. The van der Waals surface area contributed by atoms with Gasteiger partial charge in [0.05, 0.1) is 36.3 Å². The van der Waals surface area contributed by atoms with E-state index in [-0.39, 0.29) is 24.6 Å². The minimum Gasteiger partial charge on any atom is -0.495 e. The SMILES string of the molecule is COCC(=O)Nc1cc(N2C(=S)N[C@@H](c3ccccn3)[C@H]2c2cc(C)n(-c3c(C)cc(C)cc3C)c2C)ccc1OC. The van der Waals surface area contributed by atoms with Crippen LogP contribution in [-0.2, 0) is 9.53 Å². The number of benzene rings is 2. The first-order valence-electron chi connectivity index (χ1n) is 13.9. The van der Waals surface area contributed by atoms with Crippen molar-refractivity contribution in [3.8, 4) is 11.4 Å². The number of anilines is 2. The average Bonchev–Trinajstić information content (AvgIpc) is 3.44. The second-order valence-corrected chi connectivity index (χ2v) is 11.2. The summed E-state index contributed by atoms with van der Waals surface area (Å²) < 4.78 is 12.9. The van der Waals surface area contributed by atoms with Crippen LogP contribution in [0.5, 0.6) is 5.75 Å². The van der Waals surface area contributed by atoms with E-state index in [1.165, 1.54) is 29.5 Å². The topological polar surface area (TPSA) is 80.7 Å². The number of pyridine rings is 1. The van der Waals surface area contributed by atoms with E-state index in [0.717, 1.165) is 28.3 Å². The number of thiocarbonyl (C=S) groups is 1. The molecule has 3 heterocycles. The minimum absolute atomic E-state index is 0.0642. The number of carbonyl (C=O) groups is 1. The first-order chi connectivity index (χ1) is 20.1. The number of ether oxygens (including phenoxy) is 2. The van der Waals surface area contributed by atoms with E-state index >= 15 is 0 Å². The van der Waals surface area contributed by atoms with Crippen molar-refractivity contribution in [2.45, 2.75) is 46.7 Å². The van der Waals surface area contributed by atoms with Gasteiger partial charge in [0.25, 0.3) is 0 Å². The number of hydrogen-bond acceptors (Lipinski definition) is 5. The number of amides is 1. The zero-order valence-electron chi connectivity index (χ0n) is 25.1. The van der Waals surface area contributed by atoms with Crippen molar-refractivity contribution in [1.82, 2.24) is 14.9 Å². The first-order valence-corrected chi connectivity index (χ1v) is 14.3. The van der Waals surface area contributed by atoms with Gasteiger partial charge in [-0.1, -0.05) is 23.8 Å². The van der Waals surface area contributed by atoms with Gasteiger partial charge in [0, 0.05) is 30.4 Å². The Morgan fingerprint density at radius 1 is 1.02 bits per heavy atom. The fourth-order valence-electron chi connectivity index (χ4n) is 6.17. The van der Waals surface area contributed by atoms with E-state index in [2.05, 4.69) is 72.9 Å². The second kappa shape index (κ2) is 12.0. The summed E-state index contributed by atoms with van der Waals surface area (Å²) in [6, 6.07) is 17.9. The number of aryl methyl sites for hydroxylation is 4. The number of carbonyl (C=O) groups excluding carboxylic acids is 1. The van der Waals surface area contributed by atoms with Crippen LogP contribution in [0.4, 0.5) is 11.4 Å². The van der Waals surface area contributed by atoms with E-state index in [4.69, 9.17) is 26.7 Å². The molecule has 4 aromatic rings. The van der Waals surface area contributed by atoms with Crippen molar-refractivity contribution in [2.75, 3.05) is 31.0 Å². The number of nitrogens with one attached hydrogen (secondary N) is 2. The monoisotopic (exact) mass is 583 g/mol. The molecule has 1 aliphatic heterocycles. The molecule has 2 N–H and O–H groups in total. The summed E-state index contributed by atoms with van der Waals surface area (Å²) in [4.78, 5) is 19.3. The molecule has 1 saturated heterocycles. The number of hydrogen-bond donors (Lipinski definition) is 2. The summed E-state index contributed by atoms with van der Waals surface area (Å²) in [5.41, 5.74) is 10.5. The zero-order chi connectivity index (χ0) is 30.1. The first kappa shape index (κ1) is 29.3. The van der Waals surface area contributed by atoms with E-state index in [9.17, 15) is 4.79 Å². The molecule has 0 saturated carbocycles. The summed E-state index contributed by atoms with van der Waals surface area (Å²) in [5.74, 6) is 0.271. The Bertz CT molecular complexity index is 1630. The van der Waals surface area contributed by atoms with E-state index in [1.807, 2.05) is 36.4 Å². The Morgan fingerprint density at radius 2 is 1.76 bits per heavy atom. The maximum atomic E-state index is 12.4. The van der Waals surface area contributed by atoms with Gasteiger partial charge in [-0.25, -0.2) is 0 Å². The molecule has 1 fully saturated rings. The van der Waals surface area contributed by atoms with Gasteiger partial charge in [0.15, 0.2) is 5.11 Å². The lowest BCUT2D eigenvalue weighted by Crippen LogP contribution is -2.29. The highest BCUT2D eigenvalue weighted by Gasteiger charge is 2.42. The van der Waals surface area contributed by atoms with E-state index < -0.39 is 0 Å². The molecular formula is C33H37N5O3S. The Labute approximate surface area is 252 Å². The highest BCUT2D eigenvalue weighted by atomic mass is 32.1. The molecule has 0 aliphatic carbocycles. The molecule has 218 valence electrons. The lowest BCUT2D eigenvalue weighted by molar-refractivity contribution is -0.119. The molecule has 2 aromatic carbocycles. The van der Waals surface area contributed by atoms with Gasteiger partial charge in [-0.05, 0) is 99.9 Å². The van der Waals surface area contributed by atoms with Crippen LogP contribution in [-0.4, -0.2) is 41.4 Å². The summed E-state index contributed by atoms with van der Waals surface area (Å²) in [6.45, 7) is 10.7. The predicted molar refractivity (Wildman–Crippen MR) is 171 cm³/mol. The van der Waals surface area contributed by atoms with Crippen molar-refractivity contribution in [1.29, 1.82) is 0 Å². The smallest absolute Gasteiger partial charge is 0.250 e. The molecule has 1 aliphatic rings. The third-order valence-corrected chi connectivity index (χ3v) is 8.07. The van der Waals surface area contributed by atoms with Crippen LogP contribution in [0.1, 0.15) is 51.4 Å². The number of rotatable bonds is 8. The molecular weight excluding hydrogens is 546 g/mol. The second-order valence-electron chi connectivity index (χ2n) is 10.8. The normalized spacial score (nSPS) is 16.5. The minimum atomic E-state index is -0.273. The number of nitrogens with zero attached hydrogens (tertiary/aromatic N) is 3. The molecule has 8 nitrogen and oxygen atoms in total. The highest BCUT2D eigenvalue weighted by molar-refractivity contribution is 7.80. The van der Waals surface area contributed by atoms with Gasteiger partial charge < -0.3 is 29.6 Å². The summed E-state index contributed by atoms with van der Waals surface area (Å²) >= 11 is 5.98. The average molecular weight is 584 g/mol. The van der Waals surface area contributed by atoms with Crippen LogP contribution in [0.2, 0.25) is 0 Å². The molecule has 42 heavy (non-hydrogen) atoms. The molecule has 0 unspecified atom stereocenters. The molecule has 9 heteroatoms. The van der Waals surface area contributed by atoms with Crippen molar-refractivity contribution in [2.24, 2.45) is 0 Å². The number of aromatic nitrogens is 2. The molecule has 0 radical (unpaired) electrons. The zero-order valence-corrected chi connectivity index (χ0v) is 25.9. The van der Waals surface area contributed by atoms with Gasteiger partial charge in [-0.3, -0.25) is 9.78 Å². The lowest BCUT2D eigenvalue weighted by atomic mass is 9.96. The van der Waals surface area contributed by atoms with Crippen molar-refractivity contribution >= 4 is 34.6 Å². The lowest BCUT2D eigenvalue weighted by Gasteiger charge is -2.29. The maximum Gasteiger partial charge on any atom is 0.250 e. The maximum absolute atomic E-state index is 12.4. The van der Waals surface area contributed by atoms with E-state index in [0.29, 0.717) is 16.5 Å². The standard InChI is InChI=1S/C33H37N5O3S/c1-19-14-20(2)31(21(3)15-19)37-22(4)16-25(23(37)5)32-30(26-10-8-9-13-34-26)36-33(42)38(32)24-11-12-28(41-7)27(17-24)35-29(39)18-40-6/h8-17,30,32H,18H2,1-7H3,(H,35,39)(H,36,42)/t30-,32+/m0/s1. The van der Waals surface area contributed by atoms with Crippen molar-refractivity contribution in [3.05, 3.63) is 100 Å². The quantitative estimate of drug-likeness (QED) is 0.240. The summed E-state index contributed by atoms with van der Waals surface area (Å²) in [5, 5.41) is 7.03. The van der Waals surface area contributed by atoms with Crippen molar-refractivity contribution in [3.63, 3.8) is 0 Å². The summed E-state index contributed by atoms with van der Waals surface area (Å²) in [7, 11) is 3.06. The van der Waals surface area contributed by atoms with Gasteiger partial charge in [-0.2, -0.15) is 0 Å². The largest absolute Gasteiger partial charge is 0.495 e. The predicted octanol–water partition coefficient (Wildman–Crippen LogP) is 6.19. The van der Waals surface area contributed by atoms with Gasteiger partial charge >= 0.3 is 0 Å². The molecule has 0 spiro atoms. The van der Waals surface area contributed by atoms with Crippen LogP contribution in [0.25, 0.3) is 5.69 Å². The van der Waals surface area contributed by atoms with Crippen LogP contribution >= 0.6 is 12.2 Å². The van der Waals surface area contributed by atoms with Crippen molar-refractivity contribution < 1.29 is 14.3 Å². The Kier molecular flexibility index (Phi) is 8.34. The van der Waals surface area contributed by atoms with Crippen LogP contribution in [0, 0.1) is 34.6 Å². The van der Waals surface area contributed by atoms with Crippen LogP contribution < -0.4 is 20.3 Å². The van der Waals surface area contributed by atoms with Crippen LogP contribution in [0.3, 0.4) is 0 Å². The molecule has 2 atom stereocenters. The molecule has 5 rings (SSSR count). The highest BCUT2D eigenvalue weighted by Crippen LogP contribution is 2.45. The van der Waals surface area contributed by atoms with E-state index in [1.54, 1.807) is 13.3 Å². The van der Waals surface area contributed by atoms with Gasteiger partial charge in [0.2, 0.25) is 5.91 Å². The van der Waals surface area contributed by atoms with Gasteiger partial charge in [0.1, 0.15) is 12.4 Å². The Balaban J connectivity index is 1.68. The third-order valence-electron chi connectivity index (χ3n) is 7.76. The number of methoxy groups -OCH3 is 2. The summed E-state index contributed by atoms with van der Waals surface area (Å²) in [6.07, 6.45) is 1.80. The molecule has 1 amide bonds. The fourth-order valence-corrected chi connectivity index (χ4v) is 6.51. The Morgan fingerprint density at radius 3 is 2.40 bits per heavy atom.